The molecular formula is C16H15Cl2NO. The zero-order chi connectivity index (χ0) is 14.1. The second-order valence-electron chi connectivity index (χ2n) is 5.04. The topological polar surface area (TPSA) is 32.3 Å². The third-order valence-electron chi connectivity index (χ3n) is 3.75. The molecule has 0 aliphatic heterocycles. The van der Waals surface area contributed by atoms with E-state index in [-0.39, 0.29) is 6.04 Å². The van der Waals surface area contributed by atoms with Gasteiger partial charge in [-0.1, -0.05) is 59.6 Å². The number of rotatable bonds is 3. The summed E-state index contributed by atoms with van der Waals surface area (Å²) in [7, 11) is 0. The molecule has 2 aromatic carbocycles. The van der Waals surface area contributed by atoms with Gasteiger partial charge >= 0.3 is 0 Å². The van der Waals surface area contributed by atoms with Crippen molar-refractivity contribution in [2.75, 3.05) is 0 Å². The van der Waals surface area contributed by atoms with Crippen LogP contribution < -0.4 is 5.32 Å². The molecule has 0 saturated carbocycles. The molecule has 0 fully saturated rings. The van der Waals surface area contributed by atoms with Crippen molar-refractivity contribution in [1.82, 2.24) is 5.32 Å². The third-order valence-corrected chi connectivity index (χ3v) is 4.61. The third kappa shape index (κ3) is 2.57. The van der Waals surface area contributed by atoms with Crippen molar-refractivity contribution in [2.24, 2.45) is 0 Å². The Hall–Kier alpha value is -1.06. The maximum atomic E-state index is 10.2. The van der Waals surface area contributed by atoms with Crippen molar-refractivity contribution in [3.05, 3.63) is 69.2 Å². The van der Waals surface area contributed by atoms with E-state index in [4.69, 9.17) is 23.2 Å². The molecule has 2 aromatic rings. The molecule has 0 spiro atoms. The van der Waals surface area contributed by atoms with Gasteiger partial charge in [-0.3, -0.25) is 0 Å². The fraction of sp³-hybridized carbons (Fsp3) is 0.250. The van der Waals surface area contributed by atoms with Gasteiger partial charge in [-0.05, 0) is 22.8 Å². The maximum absolute atomic E-state index is 10.2. The van der Waals surface area contributed by atoms with E-state index < -0.39 is 6.10 Å². The van der Waals surface area contributed by atoms with Crippen LogP contribution in [0.15, 0.2) is 42.5 Å². The monoisotopic (exact) mass is 307 g/mol. The van der Waals surface area contributed by atoms with Crippen molar-refractivity contribution >= 4 is 23.2 Å². The van der Waals surface area contributed by atoms with Gasteiger partial charge in [-0.2, -0.15) is 0 Å². The molecule has 1 aliphatic carbocycles. The van der Waals surface area contributed by atoms with Crippen molar-refractivity contribution in [3.8, 4) is 0 Å². The highest BCUT2D eigenvalue weighted by atomic mass is 35.5. The number of nitrogens with one attached hydrogen (secondary N) is 1. The van der Waals surface area contributed by atoms with E-state index in [0.717, 1.165) is 11.1 Å². The van der Waals surface area contributed by atoms with Gasteiger partial charge < -0.3 is 10.4 Å². The minimum absolute atomic E-state index is 0.0544. The van der Waals surface area contributed by atoms with Gasteiger partial charge in [0.05, 0.1) is 22.2 Å². The van der Waals surface area contributed by atoms with Gasteiger partial charge in [0, 0.05) is 13.0 Å². The predicted octanol–water partition coefficient (Wildman–Crippen LogP) is 3.74. The number of fused-ring (bicyclic) bond motifs is 1. The molecule has 2 atom stereocenters. The highest BCUT2D eigenvalue weighted by Crippen LogP contribution is 2.32. The van der Waals surface area contributed by atoms with Crippen LogP contribution in [-0.4, -0.2) is 11.2 Å². The lowest BCUT2D eigenvalue weighted by Gasteiger charge is -2.18. The Bertz CT molecular complexity index is 630. The molecule has 2 N–H and O–H groups in total. The molecule has 3 rings (SSSR count). The number of benzene rings is 2. The van der Waals surface area contributed by atoms with Crippen LogP contribution in [0.3, 0.4) is 0 Å². The Balaban J connectivity index is 1.77. The van der Waals surface area contributed by atoms with E-state index >= 15 is 0 Å². The maximum Gasteiger partial charge on any atom is 0.0775 e. The van der Waals surface area contributed by atoms with Crippen molar-refractivity contribution in [2.45, 2.75) is 25.1 Å². The largest absolute Gasteiger partial charge is 0.391 e. The normalized spacial score (nSPS) is 20.9. The highest BCUT2D eigenvalue weighted by molar-refractivity contribution is 6.42. The summed E-state index contributed by atoms with van der Waals surface area (Å²) in [6.07, 6.45) is 0.294. The van der Waals surface area contributed by atoms with Crippen LogP contribution in [0, 0.1) is 0 Å². The SMILES string of the molecule is O[C@H]1Cc2ccccc2[C@H]1NCc1cccc(Cl)c1Cl. The number of halogens is 2. The van der Waals surface area contributed by atoms with Gasteiger partial charge in [0.1, 0.15) is 0 Å². The molecule has 104 valence electrons. The lowest BCUT2D eigenvalue weighted by molar-refractivity contribution is 0.140. The minimum atomic E-state index is -0.398. The molecular weight excluding hydrogens is 293 g/mol. The quantitative estimate of drug-likeness (QED) is 0.905. The van der Waals surface area contributed by atoms with E-state index in [1.54, 1.807) is 6.07 Å². The van der Waals surface area contributed by atoms with Crippen LogP contribution in [0.4, 0.5) is 0 Å². The second kappa shape index (κ2) is 5.74. The predicted molar refractivity (Wildman–Crippen MR) is 82.2 cm³/mol. The summed E-state index contributed by atoms with van der Waals surface area (Å²) in [4.78, 5) is 0. The summed E-state index contributed by atoms with van der Waals surface area (Å²) in [6, 6.07) is 13.7. The smallest absolute Gasteiger partial charge is 0.0775 e. The zero-order valence-electron chi connectivity index (χ0n) is 10.8. The minimum Gasteiger partial charge on any atom is -0.391 e. The molecule has 0 bridgehead atoms. The van der Waals surface area contributed by atoms with Gasteiger partial charge in [0.2, 0.25) is 0 Å². The molecule has 0 saturated heterocycles. The summed E-state index contributed by atoms with van der Waals surface area (Å²) < 4.78 is 0. The Labute approximate surface area is 128 Å². The molecule has 2 nitrogen and oxygen atoms in total. The summed E-state index contributed by atoms with van der Waals surface area (Å²) in [5.74, 6) is 0. The van der Waals surface area contributed by atoms with Crippen molar-refractivity contribution in [1.29, 1.82) is 0 Å². The Morgan fingerprint density at radius 2 is 1.90 bits per heavy atom. The van der Waals surface area contributed by atoms with Crippen LogP contribution in [-0.2, 0) is 13.0 Å². The summed E-state index contributed by atoms with van der Waals surface area (Å²) in [5, 5.41) is 14.7. The van der Waals surface area contributed by atoms with E-state index in [9.17, 15) is 5.11 Å². The molecule has 0 unspecified atom stereocenters. The summed E-state index contributed by atoms with van der Waals surface area (Å²) >= 11 is 12.2. The average Bonchev–Trinajstić information content (AvgIpc) is 2.76. The number of hydrogen-bond donors (Lipinski definition) is 2. The first kappa shape index (κ1) is 13.9. The van der Waals surface area contributed by atoms with E-state index in [0.29, 0.717) is 23.0 Å². The lowest BCUT2D eigenvalue weighted by Crippen LogP contribution is -2.28. The van der Waals surface area contributed by atoms with E-state index in [1.807, 2.05) is 24.3 Å². The average molecular weight is 308 g/mol. The van der Waals surface area contributed by atoms with Crippen LogP contribution in [0.25, 0.3) is 0 Å². The van der Waals surface area contributed by atoms with Gasteiger partial charge in [-0.15, -0.1) is 0 Å². The number of aliphatic hydroxyl groups excluding tert-OH is 1. The first-order valence-corrected chi connectivity index (χ1v) is 7.34. The van der Waals surface area contributed by atoms with Crippen LogP contribution in [0.1, 0.15) is 22.7 Å². The summed E-state index contributed by atoms with van der Waals surface area (Å²) in [5.41, 5.74) is 3.31. The van der Waals surface area contributed by atoms with Crippen LogP contribution >= 0.6 is 23.2 Å². The second-order valence-corrected chi connectivity index (χ2v) is 5.83. The lowest BCUT2D eigenvalue weighted by atomic mass is 10.1. The Kier molecular flexibility index (Phi) is 3.99. The van der Waals surface area contributed by atoms with Crippen LogP contribution in [0.5, 0.6) is 0 Å². The highest BCUT2D eigenvalue weighted by Gasteiger charge is 2.30. The van der Waals surface area contributed by atoms with Crippen LogP contribution in [0.2, 0.25) is 10.0 Å². The van der Waals surface area contributed by atoms with Gasteiger partial charge in [0.15, 0.2) is 0 Å². The van der Waals surface area contributed by atoms with Gasteiger partial charge in [-0.25, -0.2) is 0 Å². The fourth-order valence-corrected chi connectivity index (χ4v) is 3.11. The molecule has 0 radical (unpaired) electrons. The Morgan fingerprint density at radius 1 is 1.10 bits per heavy atom. The Morgan fingerprint density at radius 3 is 2.75 bits per heavy atom. The van der Waals surface area contributed by atoms with Gasteiger partial charge in [0.25, 0.3) is 0 Å². The fourth-order valence-electron chi connectivity index (χ4n) is 2.72. The first-order chi connectivity index (χ1) is 9.66. The molecule has 4 heteroatoms. The molecule has 20 heavy (non-hydrogen) atoms. The van der Waals surface area contributed by atoms with E-state index in [1.165, 1.54) is 5.56 Å². The van der Waals surface area contributed by atoms with Crippen molar-refractivity contribution < 1.29 is 5.11 Å². The number of hydrogen-bond acceptors (Lipinski definition) is 2. The van der Waals surface area contributed by atoms with Crippen molar-refractivity contribution in [3.63, 3.8) is 0 Å². The molecule has 0 heterocycles. The molecule has 0 aromatic heterocycles. The molecule has 0 amide bonds. The zero-order valence-corrected chi connectivity index (χ0v) is 12.3. The standard InChI is InChI=1S/C16H15Cl2NO/c17-13-7-3-5-11(15(13)18)9-19-16-12-6-2-1-4-10(12)8-14(16)20/h1-7,14,16,19-20H,8-9H2/t14-,16+/m0/s1. The molecule has 1 aliphatic rings. The number of aliphatic hydroxyl groups is 1. The van der Waals surface area contributed by atoms with E-state index in [2.05, 4.69) is 17.4 Å². The first-order valence-electron chi connectivity index (χ1n) is 6.59. The summed E-state index contributed by atoms with van der Waals surface area (Å²) in [6.45, 7) is 0.579.